The van der Waals surface area contributed by atoms with Gasteiger partial charge in [0, 0.05) is 36.2 Å². The molecule has 1 saturated heterocycles. The van der Waals surface area contributed by atoms with Gasteiger partial charge < -0.3 is 15.0 Å². The number of imidazole rings is 1. The predicted octanol–water partition coefficient (Wildman–Crippen LogP) is 5.06. The van der Waals surface area contributed by atoms with Crippen LogP contribution in [0, 0.1) is 6.92 Å². The van der Waals surface area contributed by atoms with Gasteiger partial charge in [-0.1, -0.05) is 42.5 Å². The quantitative estimate of drug-likeness (QED) is 0.417. The number of benzene rings is 3. The molecule has 5 rings (SSSR count). The summed E-state index contributed by atoms with van der Waals surface area (Å²) < 4.78 is 1.97. The maximum absolute atomic E-state index is 13.2. The zero-order valence-electron chi connectivity index (χ0n) is 19.9. The molecule has 0 saturated carbocycles. The molecule has 0 spiro atoms. The van der Waals surface area contributed by atoms with Crippen LogP contribution in [-0.2, 0) is 6.54 Å². The number of hydrogen-bond donors (Lipinski definition) is 2. The minimum Gasteiger partial charge on any atom is -0.392 e. The van der Waals surface area contributed by atoms with Gasteiger partial charge in [0.15, 0.2) is 0 Å². The Balaban J connectivity index is 1.42. The van der Waals surface area contributed by atoms with E-state index in [-0.39, 0.29) is 12.0 Å². The summed E-state index contributed by atoms with van der Waals surface area (Å²) in [7, 11) is 0. The van der Waals surface area contributed by atoms with Gasteiger partial charge in [-0.05, 0) is 73.3 Å². The fraction of sp³-hybridized carbons (Fsp3) is 0.241. The number of aliphatic hydroxyl groups excluding tert-OH is 1. The number of nitrogens with zero attached hydrogens (tertiary/aromatic N) is 3. The first-order valence-corrected chi connectivity index (χ1v) is 12.1. The van der Waals surface area contributed by atoms with E-state index in [2.05, 4.69) is 21.3 Å². The second-order valence-corrected chi connectivity index (χ2v) is 9.24. The number of amides is 1. The summed E-state index contributed by atoms with van der Waals surface area (Å²) in [6, 6.07) is 23.8. The van der Waals surface area contributed by atoms with Gasteiger partial charge in [0.1, 0.15) is 0 Å². The fourth-order valence-electron chi connectivity index (χ4n) is 4.66. The summed E-state index contributed by atoms with van der Waals surface area (Å²) in [5, 5.41) is 13.2. The monoisotopic (exact) mass is 466 g/mol. The molecule has 1 fully saturated rings. The molecule has 0 radical (unpaired) electrons. The van der Waals surface area contributed by atoms with Crippen molar-refractivity contribution in [3.05, 3.63) is 102 Å². The molecule has 3 aromatic carbocycles. The van der Waals surface area contributed by atoms with Crippen molar-refractivity contribution in [3.8, 4) is 16.8 Å². The Labute approximate surface area is 205 Å². The molecule has 2 N–H and O–H groups in total. The van der Waals surface area contributed by atoms with Crippen molar-refractivity contribution < 1.29 is 9.90 Å². The number of hydrogen-bond acceptors (Lipinski definition) is 4. The van der Waals surface area contributed by atoms with E-state index in [9.17, 15) is 9.90 Å². The molecule has 6 nitrogen and oxygen atoms in total. The van der Waals surface area contributed by atoms with Crippen LogP contribution in [0.25, 0.3) is 16.8 Å². The Hall–Kier alpha value is -3.74. The van der Waals surface area contributed by atoms with Crippen molar-refractivity contribution in [2.75, 3.05) is 18.4 Å². The number of aryl methyl sites for hydroxylation is 1. The van der Waals surface area contributed by atoms with Gasteiger partial charge in [0.25, 0.3) is 5.91 Å². The molecule has 1 aromatic heterocycles. The van der Waals surface area contributed by atoms with Crippen LogP contribution in [0.3, 0.4) is 0 Å². The Morgan fingerprint density at radius 1 is 1.06 bits per heavy atom. The normalized spacial score (nSPS) is 16.2. The molecule has 35 heavy (non-hydrogen) atoms. The van der Waals surface area contributed by atoms with E-state index in [1.807, 2.05) is 84.4 Å². The van der Waals surface area contributed by atoms with Gasteiger partial charge in [-0.15, -0.1) is 0 Å². The second kappa shape index (κ2) is 10.3. The van der Waals surface area contributed by atoms with Gasteiger partial charge in [-0.25, -0.2) is 4.98 Å². The van der Waals surface area contributed by atoms with Crippen molar-refractivity contribution in [1.82, 2.24) is 14.5 Å². The van der Waals surface area contributed by atoms with Gasteiger partial charge >= 0.3 is 0 Å². The van der Waals surface area contributed by atoms with Crippen LogP contribution in [0.1, 0.15) is 34.5 Å². The molecule has 1 atom stereocenters. The zero-order valence-corrected chi connectivity index (χ0v) is 19.9. The van der Waals surface area contributed by atoms with Crippen molar-refractivity contribution in [1.29, 1.82) is 0 Å². The van der Waals surface area contributed by atoms with E-state index in [4.69, 9.17) is 0 Å². The molecule has 2 heterocycles. The smallest absolute Gasteiger partial charge is 0.255 e. The van der Waals surface area contributed by atoms with Gasteiger partial charge in [-0.2, -0.15) is 0 Å². The molecule has 178 valence electrons. The van der Waals surface area contributed by atoms with Gasteiger partial charge in [0.2, 0.25) is 0 Å². The van der Waals surface area contributed by atoms with E-state index in [1.54, 1.807) is 6.33 Å². The molecule has 0 bridgehead atoms. The van der Waals surface area contributed by atoms with Crippen LogP contribution in [0.5, 0.6) is 0 Å². The molecule has 0 aliphatic carbocycles. The molecule has 1 aliphatic rings. The molecular weight excluding hydrogens is 436 g/mol. The number of aliphatic hydroxyl groups is 1. The highest BCUT2D eigenvalue weighted by Crippen LogP contribution is 2.24. The van der Waals surface area contributed by atoms with Gasteiger partial charge in [-0.3, -0.25) is 9.69 Å². The van der Waals surface area contributed by atoms with Crippen LogP contribution in [0.4, 0.5) is 5.69 Å². The van der Waals surface area contributed by atoms with Crippen LogP contribution in [0.2, 0.25) is 0 Å². The molecule has 1 unspecified atom stereocenters. The van der Waals surface area contributed by atoms with E-state index >= 15 is 0 Å². The topological polar surface area (TPSA) is 70.4 Å². The number of carbonyl (C=O) groups excluding carboxylic acids is 1. The number of likely N-dealkylation sites (tertiary alicyclic amines) is 1. The highest BCUT2D eigenvalue weighted by molar-refractivity contribution is 6.05. The predicted molar refractivity (Wildman–Crippen MR) is 139 cm³/mol. The lowest BCUT2D eigenvalue weighted by atomic mass is 10.0. The third-order valence-corrected chi connectivity index (χ3v) is 6.36. The van der Waals surface area contributed by atoms with Crippen LogP contribution < -0.4 is 5.32 Å². The Morgan fingerprint density at radius 3 is 2.66 bits per heavy atom. The van der Waals surface area contributed by atoms with Crippen molar-refractivity contribution in [2.24, 2.45) is 0 Å². The largest absolute Gasteiger partial charge is 0.392 e. The van der Waals surface area contributed by atoms with Crippen molar-refractivity contribution in [3.63, 3.8) is 0 Å². The van der Waals surface area contributed by atoms with E-state index in [0.717, 1.165) is 53.1 Å². The van der Waals surface area contributed by atoms with Crippen LogP contribution >= 0.6 is 0 Å². The van der Waals surface area contributed by atoms with Gasteiger partial charge in [0.05, 0.1) is 18.1 Å². The number of carbonyl (C=O) groups is 1. The summed E-state index contributed by atoms with van der Waals surface area (Å²) in [6.45, 7) is 4.30. The van der Waals surface area contributed by atoms with E-state index in [0.29, 0.717) is 18.7 Å². The van der Waals surface area contributed by atoms with Crippen LogP contribution in [0.15, 0.2) is 85.3 Å². The first-order valence-electron chi connectivity index (χ1n) is 12.1. The molecule has 6 heteroatoms. The summed E-state index contributed by atoms with van der Waals surface area (Å²) in [5.41, 5.74) is 6.37. The maximum Gasteiger partial charge on any atom is 0.255 e. The Morgan fingerprint density at radius 2 is 1.89 bits per heavy atom. The number of piperidine rings is 1. The highest BCUT2D eigenvalue weighted by atomic mass is 16.3. The van der Waals surface area contributed by atoms with E-state index in [1.165, 1.54) is 0 Å². The number of β-amino-alcohol motifs (C(OH)–C–C–N with tert-alkyl or cyclic N) is 1. The van der Waals surface area contributed by atoms with Crippen molar-refractivity contribution >= 4 is 11.6 Å². The summed E-state index contributed by atoms with van der Waals surface area (Å²) >= 11 is 0. The van der Waals surface area contributed by atoms with Crippen LogP contribution in [-0.4, -0.2) is 44.7 Å². The lowest BCUT2D eigenvalue weighted by Crippen LogP contribution is -2.37. The third-order valence-electron chi connectivity index (χ3n) is 6.36. The minimum absolute atomic E-state index is 0.152. The Kier molecular flexibility index (Phi) is 6.75. The molecule has 1 aliphatic heterocycles. The summed E-state index contributed by atoms with van der Waals surface area (Å²) in [6.07, 6.45) is 5.32. The maximum atomic E-state index is 13.2. The van der Waals surface area contributed by atoms with E-state index < -0.39 is 0 Å². The Bertz CT molecular complexity index is 1320. The average molecular weight is 467 g/mol. The highest BCUT2D eigenvalue weighted by Gasteiger charge is 2.18. The summed E-state index contributed by atoms with van der Waals surface area (Å²) in [5.74, 6) is -0.152. The molecule has 4 aromatic rings. The summed E-state index contributed by atoms with van der Waals surface area (Å²) in [4.78, 5) is 19.8. The average Bonchev–Trinajstić information content (AvgIpc) is 3.31. The zero-order chi connectivity index (χ0) is 24.2. The first-order chi connectivity index (χ1) is 17.0. The van der Waals surface area contributed by atoms with Crippen molar-refractivity contribution in [2.45, 2.75) is 32.4 Å². The SMILES string of the molecule is Cc1cn(-c2cc(CN3CCCC(O)C3)cc(NC(=O)c3cccc(-c4ccccc4)c3)c2)cn1. The lowest BCUT2D eigenvalue weighted by molar-refractivity contribution is 0.0668. The number of rotatable bonds is 6. The molecular formula is C29H30N4O2. The second-order valence-electron chi connectivity index (χ2n) is 9.24. The fourth-order valence-corrected chi connectivity index (χ4v) is 4.66. The number of nitrogens with one attached hydrogen (secondary N) is 1. The third kappa shape index (κ3) is 5.67. The lowest BCUT2D eigenvalue weighted by Gasteiger charge is -2.30. The number of aromatic nitrogens is 2. The number of anilines is 1. The minimum atomic E-state index is -0.278. The standard InChI is InChI=1S/C29H30N4O2/c1-21-17-33(20-30-21)27-14-22(18-32-12-6-11-28(34)19-32)13-26(16-27)31-29(35)25-10-5-9-24(15-25)23-7-3-2-4-8-23/h2-5,7-10,13-17,20,28,34H,6,11-12,18-19H2,1H3,(H,31,35). The molecule has 1 amide bonds. The first kappa shape index (κ1) is 23.0.